The molecule has 0 aliphatic carbocycles. The van der Waals surface area contributed by atoms with E-state index in [4.69, 9.17) is 4.98 Å². The molecule has 4 rings (SSSR count). The Bertz CT molecular complexity index is 1010. The van der Waals surface area contributed by atoms with Crippen molar-refractivity contribution >= 4 is 29.2 Å². The van der Waals surface area contributed by atoms with E-state index in [1.807, 2.05) is 71.3 Å². The van der Waals surface area contributed by atoms with Gasteiger partial charge in [-0.05, 0) is 12.3 Å². The van der Waals surface area contributed by atoms with Gasteiger partial charge in [0.25, 0.3) is 0 Å². The molecule has 6 nitrogen and oxygen atoms in total. The highest BCUT2D eigenvalue weighted by atomic mass is 32.2. The summed E-state index contributed by atoms with van der Waals surface area (Å²) in [7, 11) is 1.95. The first-order valence-electron chi connectivity index (χ1n) is 7.76. The molecule has 0 fully saturated rings. The molecule has 0 saturated heterocycles. The summed E-state index contributed by atoms with van der Waals surface area (Å²) in [5.41, 5.74) is 2.77. The normalized spacial score (nSPS) is 11.0. The maximum absolute atomic E-state index is 4.86. The molecule has 1 aromatic carbocycles. The molecule has 0 atom stereocenters. The summed E-state index contributed by atoms with van der Waals surface area (Å²) in [6.45, 7) is 0. The molecular formula is C18H16N6S. The second-order valence-corrected chi connectivity index (χ2v) is 6.20. The highest BCUT2D eigenvalue weighted by molar-refractivity contribution is 7.98. The van der Waals surface area contributed by atoms with Crippen LogP contribution < -0.4 is 4.90 Å². The maximum Gasteiger partial charge on any atom is 0.217 e. The second-order valence-electron chi connectivity index (χ2n) is 5.42. The molecule has 0 unspecified atom stereocenters. The van der Waals surface area contributed by atoms with Crippen LogP contribution in [0.4, 0.5) is 11.8 Å². The molecule has 4 aromatic rings. The molecule has 7 heteroatoms. The Balaban J connectivity index is 1.86. The van der Waals surface area contributed by atoms with Crippen LogP contribution in [0.15, 0.2) is 66.2 Å². The molecule has 124 valence electrons. The lowest BCUT2D eigenvalue weighted by Gasteiger charge is -2.19. The fraction of sp³-hybridized carbons (Fsp3) is 0.111. The zero-order chi connectivity index (χ0) is 17.2. The Morgan fingerprint density at radius 3 is 2.64 bits per heavy atom. The highest BCUT2D eigenvalue weighted by Crippen LogP contribution is 2.26. The van der Waals surface area contributed by atoms with E-state index in [0.717, 1.165) is 33.8 Å². The third-order valence-corrected chi connectivity index (χ3v) is 4.45. The van der Waals surface area contributed by atoms with Crippen LogP contribution in [0.5, 0.6) is 0 Å². The van der Waals surface area contributed by atoms with E-state index in [9.17, 15) is 0 Å². The van der Waals surface area contributed by atoms with E-state index in [0.29, 0.717) is 0 Å². The number of nitrogens with zero attached hydrogens (tertiary/aromatic N) is 6. The molecule has 0 aliphatic rings. The van der Waals surface area contributed by atoms with Crippen molar-refractivity contribution in [3.8, 4) is 11.3 Å². The van der Waals surface area contributed by atoms with Gasteiger partial charge in [0.05, 0.1) is 5.69 Å². The van der Waals surface area contributed by atoms with Crippen LogP contribution in [0.3, 0.4) is 0 Å². The topological polar surface area (TPSA) is 59.2 Å². The molecule has 0 radical (unpaired) electrons. The summed E-state index contributed by atoms with van der Waals surface area (Å²) < 4.78 is 1.95. The number of hydrogen-bond donors (Lipinski definition) is 0. The quantitative estimate of drug-likeness (QED) is 0.414. The minimum Gasteiger partial charge on any atom is -0.299 e. The minimum atomic E-state index is 0.727. The van der Waals surface area contributed by atoms with Crippen LogP contribution in [0, 0.1) is 0 Å². The first-order valence-corrected chi connectivity index (χ1v) is 8.99. The second kappa shape index (κ2) is 6.52. The van der Waals surface area contributed by atoms with Gasteiger partial charge >= 0.3 is 0 Å². The molecule has 0 bridgehead atoms. The van der Waals surface area contributed by atoms with Gasteiger partial charge in [-0.3, -0.25) is 9.30 Å². The Kier molecular flexibility index (Phi) is 4.07. The SMILES string of the molecule is CSc1nccc(N(C)c2nc(-c3ccccc3)cc3nccn23)n1. The number of hydrogen-bond acceptors (Lipinski definition) is 6. The molecular weight excluding hydrogens is 332 g/mol. The number of rotatable bonds is 4. The third kappa shape index (κ3) is 2.94. The fourth-order valence-corrected chi connectivity index (χ4v) is 2.97. The standard InChI is InChI=1S/C18H16N6S/c1-23(15-8-9-20-17(22-15)25-2)18-21-14(13-6-4-3-5-7-13)12-16-19-10-11-24(16)18/h3-12H,1-2H3. The smallest absolute Gasteiger partial charge is 0.217 e. The van der Waals surface area contributed by atoms with Crippen LogP contribution >= 0.6 is 11.8 Å². The van der Waals surface area contributed by atoms with Crippen LogP contribution in [-0.4, -0.2) is 37.6 Å². The third-order valence-electron chi connectivity index (χ3n) is 3.89. The van der Waals surface area contributed by atoms with Crippen molar-refractivity contribution in [3.05, 3.63) is 61.1 Å². The van der Waals surface area contributed by atoms with E-state index in [1.54, 1.807) is 12.4 Å². The first kappa shape index (κ1) is 15.6. The summed E-state index contributed by atoms with van der Waals surface area (Å²) >= 11 is 1.51. The van der Waals surface area contributed by atoms with Gasteiger partial charge < -0.3 is 0 Å². The van der Waals surface area contributed by atoms with E-state index in [2.05, 4.69) is 15.0 Å². The lowest BCUT2D eigenvalue weighted by molar-refractivity contribution is 0.915. The van der Waals surface area contributed by atoms with Crippen molar-refractivity contribution in [3.63, 3.8) is 0 Å². The van der Waals surface area contributed by atoms with Gasteiger partial charge in [-0.25, -0.2) is 19.9 Å². The van der Waals surface area contributed by atoms with Crippen molar-refractivity contribution in [2.45, 2.75) is 5.16 Å². The molecule has 0 amide bonds. The Labute approximate surface area is 149 Å². The van der Waals surface area contributed by atoms with Crippen LogP contribution in [-0.2, 0) is 0 Å². The molecule has 0 aliphatic heterocycles. The number of thioether (sulfide) groups is 1. The van der Waals surface area contributed by atoms with E-state index in [1.165, 1.54) is 11.8 Å². The summed E-state index contributed by atoms with van der Waals surface area (Å²) in [6, 6.07) is 14.0. The largest absolute Gasteiger partial charge is 0.299 e. The monoisotopic (exact) mass is 348 g/mol. The molecule has 0 spiro atoms. The van der Waals surface area contributed by atoms with Gasteiger partial charge in [0.2, 0.25) is 5.95 Å². The maximum atomic E-state index is 4.86. The van der Waals surface area contributed by atoms with Crippen molar-refractivity contribution < 1.29 is 0 Å². The van der Waals surface area contributed by atoms with Gasteiger partial charge in [-0.2, -0.15) is 0 Å². The van der Waals surface area contributed by atoms with Gasteiger partial charge in [0.1, 0.15) is 11.5 Å². The number of anilines is 2. The molecule has 0 saturated carbocycles. The molecule has 3 heterocycles. The average Bonchev–Trinajstić information content (AvgIpc) is 3.16. The lowest BCUT2D eigenvalue weighted by Crippen LogP contribution is -2.17. The van der Waals surface area contributed by atoms with Gasteiger partial charge in [-0.1, -0.05) is 42.1 Å². The van der Waals surface area contributed by atoms with Gasteiger partial charge in [0, 0.05) is 37.3 Å². The highest BCUT2D eigenvalue weighted by Gasteiger charge is 2.15. The van der Waals surface area contributed by atoms with Gasteiger partial charge in [0.15, 0.2) is 5.16 Å². The average molecular weight is 348 g/mol. The summed E-state index contributed by atoms with van der Waals surface area (Å²) in [5, 5.41) is 0.727. The number of benzene rings is 1. The fourth-order valence-electron chi connectivity index (χ4n) is 2.62. The summed E-state index contributed by atoms with van der Waals surface area (Å²) in [5.74, 6) is 1.53. The Morgan fingerprint density at radius 1 is 1.00 bits per heavy atom. The van der Waals surface area contributed by atoms with Crippen LogP contribution in [0.1, 0.15) is 0 Å². The van der Waals surface area contributed by atoms with Crippen LogP contribution in [0.25, 0.3) is 16.9 Å². The Hall–Kier alpha value is -2.93. The van der Waals surface area contributed by atoms with Crippen molar-refractivity contribution in [2.75, 3.05) is 18.2 Å². The van der Waals surface area contributed by atoms with E-state index < -0.39 is 0 Å². The van der Waals surface area contributed by atoms with Crippen molar-refractivity contribution in [2.24, 2.45) is 0 Å². The van der Waals surface area contributed by atoms with Crippen molar-refractivity contribution in [1.29, 1.82) is 0 Å². The predicted molar refractivity (Wildman–Crippen MR) is 100 cm³/mol. The molecule has 25 heavy (non-hydrogen) atoms. The zero-order valence-electron chi connectivity index (χ0n) is 13.9. The molecule has 3 aromatic heterocycles. The summed E-state index contributed by atoms with van der Waals surface area (Å²) in [6.07, 6.45) is 7.40. The summed E-state index contributed by atoms with van der Waals surface area (Å²) in [4.78, 5) is 20.0. The molecule has 0 N–H and O–H groups in total. The Morgan fingerprint density at radius 2 is 1.84 bits per heavy atom. The number of fused-ring (bicyclic) bond motifs is 1. The number of imidazole rings is 1. The van der Waals surface area contributed by atoms with Gasteiger partial charge in [-0.15, -0.1) is 0 Å². The van der Waals surface area contributed by atoms with Crippen molar-refractivity contribution in [1.82, 2.24) is 24.3 Å². The van der Waals surface area contributed by atoms with E-state index >= 15 is 0 Å². The van der Waals surface area contributed by atoms with E-state index in [-0.39, 0.29) is 0 Å². The first-order chi connectivity index (χ1) is 12.3. The number of aromatic nitrogens is 5. The van der Waals surface area contributed by atoms with Crippen LogP contribution in [0.2, 0.25) is 0 Å². The predicted octanol–water partition coefficient (Wildman–Crippen LogP) is 3.68. The zero-order valence-corrected chi connectivity index (χ0v) is 14.7. The minimum absolute atomic E-state index is 0.727. The lowest BCUT2D eigenvalue weighted by atomic mass is 10.1.